The van der Waals surface area contributed by atoms with E-state index in [4.69, 9.17) is 20.3 Å². The van der Waals surface area contributed by atoms with Crippen LogP contribution in [-0.4, -0.2) is 18.8 Å². The third kappa shape index (κ3) is 5.75. The minimum atomic E-state index is -0.114. The third-order valence-corrected chi connectivity index (χ3v) is 3.53. The maximum Gasteiger partial charge on any atom is 0.161 e. The van der Waals surface area contributed by atoms with E-state index >= 15 is 0 Å². The molecule has 5 heteroatoms. The average Bonchev–Trinajstić information content (AvgIpc) is 2.58. The zero-order valence-corrected chi connectivity index (χ0v) is 14.1. The summed E-state index contributed by atoms with van der Waals surface area (Å²) < 4.78 is 11.2. The Balaban J connectivity index is 0.00000264. The van der Waals surface area contributed by atoms with E-state index in [1.165, 1.54) is 0 Å². The van der Waals surface area contributed by atoms with Crippen molar-refractivity contribution in [3.05, 3.63) is 59.7 Å². The first kappa shape index (κ1) is 19.3. The maximum absolute atomic E-state index is 8.91. The minimum absolute atomic E-state index is 0. The normalized spacial score (nSPS) is 11.4. The summed E-state index contributed by atoms with van der Waals surface area (Å²) in [5.41, 5.74) is 8.22. The molecule has 0 aliphatic carbocycles. The van der Waals surface area contributed by atoms with E-state index in [2.05, 4.69) is 0 Å². The smallest absolute Gasteiger partial charge is 0.161 e. The molecular formula is C18H24ClNO3. The number of methoxy groups -OCH3 is 1. The summed E-state index contributed by atoms with van der Waals surface area (Å²) in [4.78, 5) is 0. The summed E-state index contributed by atoms with van der Waals surface area (Å²) in [5.74, 6) is 1.37. The lowest BCUT2D eigenvalue weighted by atomic mass is 10.0. The van der Waals surface area contributed by atoms with Gasteiger partial charge in [0.1, 0.15) is 6.61 Å². The number of rotatable bonds is 8. The molecule has 2 aromatic rings. The van der Waals surface area contributed by atoms with Crippen LogP contribution in [0, 0.1) is 0 Å². The molecule has 2 aromatic carbocycles. The molecule has 4 nitrogen and oxygen atoms in total. The number of hydrogen-bond donors (Lipinski definition) is 2. The van der Waals surface area contributed by atoms with Gasteiger partial charge in [-0.1, -0.05) is 36.4 Å². The van der Waals surface area contributed by atoms with Crippen molar-refractivity contribution in [2.75, 3.05) is 13.7 Å². The van der Waals surface area contributed by atoms with E-state index in [-0.39, 0.29) is 25.1 Å². The van der Waals surface area contributed by atoms with Crippen LogP contribution in [0.25, 0.3) is 0 Å². The molecule has 0 saturated heterocycles. The molecule has 0 aliphatic heterocycles. The van der Waals surface area contributed by atoms with Gasteiger partial charge in [0.25, 0.3) is 0 Å². The zero-order chi connectivity index (χ0) is 15.8. The molecule has 0 amide bonds. The molecule has 0 aliphatic rings. The van der Waals surface area contributed by atoms with E-state index in [0.29, 0.717) is 24.5 Å². The average molecular weight is 338 g/mol. The second-order valence-electron chi connectivity index (χ2n) is 5.16. The quantitative estimate of drug-likeness (QED) is 0.774. The molecule has 2 rings (SSSR count). The van der Waals surface area contributed by atoms with Crippen molar-refractivity contribution in [3.8, 4) is 11.5 Å². The second-order valence-corrected chi connectivity index (χ2v) is 5.16. The fourth-order valence-corrected chi connectivity index (χ4v) is 2.25. The maximum atomic E-state index is 8.91. The van der Waals surface area contributed by atoms with Gasteiger partial charge in [0.2, 0.25) is 0 Å². The first-order chi connectivity index (χ1) is 10.7. The van der Waals surface area contributed by atoms with Crippen LogP contribution < -0.4 is 15.2 Å². The van der Waals surface area contributed by atoms with E-state index < -0.39 is 0 Å². The highest BCUT2D eigenvalue weighted by molar-refractivity contribution is 5.85. The molecule has 0 saturated carbocycles. The van der Waals surface area contributed by atoms with Gasteiger partial charge in [0, 0.05) is 12.6 Å². The van der Waals surface area contributed by atoms with E-state index in [1.54, 1.807) is 7.11 Å². The highest BCUT2D eigenvalue weighted by Crippen LogP contribution is 2.31. The van der Waals surface area contributed by atoms with Crippen LogP contribution in [0.3, 0.4) is 0 Å². The van der Waals surface area contributed by atoms with Gasteiger partial charge in [-0.15, -0.1) is 12.4 Å². The van der Waals surface area contributed by atoms with Crippen molar-refractivity contribution in [1.82, 2.24) is 0 Å². The predicted molar refractivity (Wildman–Crippen MR) is 94.3 cm³/mol. The lowest BCUT2D eigenvalue weighted by molar-refractivity contribution is 0.278. The van der Waals surface area contributed by atoms with Crippen molar-refractivity contribution in [2.45, 2.75) is 25.5 Å². The number of hydrogen-bond acceptors (Lipinski definition) is 4. The molecule has 23 heavy (non-hydrogen) atoms. The number of ether oxygens (including phenoxy) is 2. The Labute approximate surface area is 143 Å². The largest absolute Gasteiger partial charge is 0.493 e. The zero-order valence-electron chi connectivity index (χ0n) is 13.3. The van der Waals surface area contributed by atoms with Crippen molar-refractivity contribution < 1.29 is 14.6 Å². The first-order valence-electron chi connectivity index (χ1n) is 7.45. The molecule has 126 valence electrons. The Kier molecular flexibility index (Phi) is 8.48. The van der Waals surface area contributed by atoms with Gasteiger partial charge in [0.15, 0.2) is 11.5 Å². The van der Waals surface area contributed by atoms with Crippen LogP contribution in [0.2, 0.25) is 0 Å². The first-order valence-corrected chi connectivity index (χ1v) is 7.45. The van der Waals surface area contributed by atoms with Gasteiger partial charge in [0.05, 0.1) is 7.11 Å². The van der Waals surface area contributed by atoms with Crippen molar-refractivity contribution in [3.63, 3.8) is 0 Å². The SMILES string of the molecule is COc1ccc([C@@H](N)CCCO)cc1OCc1ccccc1.Cl. The van der Waals surface area contributed by atoms with E-state index in [9.17, 15) is 0 Å². The van der Waals surface area contributed by atoms with Crippen molar-refractivity contribution in [1.29, 1.82) is 0 Å². The van der Waals surface area contributed by atoms with Gasteiger partial charge in [-0.2, -0.15) is 0 Å². The molecular weight excluding hydrogens is 314 g/mol. The van der Waals surface area contributed by atoms with Gasteiger partial charge < -0.3 is 20.3 Å². The Morgan fingerprint density at radius 2 is 1.83 bits per heavy atom. The van der Waals surface area contributed by atoms with E-state index in [1.807, 2.05) is 48.5 Å². The number of halogens is 1. The molecule has 1 atom stereocenters. The van der Waals surface area contributed by atoms with E-state index in [0.717, 1.165) is 17.5 Å². The number of nitrogens with two attached hydrogens (primary N) is 1. The topological polar surface area (TPSA) is 64.7 Å². The fourth-order valence-electron chi connectivity index (χ4n) is 2.25. The van der Waals surface area contributed by atoms with Crippen LogP contribution in [0.4, 0.5) is 0 Å². The Morgan fingerprint density at radius 1 is 1.09 bits per heavy atom. The summed E-state index contributed by atoms with van der Waals surface area (Å²) in [6.07, 6.45) is 1.42. The van der Waals surface area contributed by atoms with Gasteiger partial charge in [-0.25, -0.2) is 0 Å². The van der Waals surface area contributed by atoms with Crippen LogP contribution in [0.5, 0.6) is 11.5 Å². The summed E-state index contributed by atoms with van der Waals surface area (Å²) in [6, 6.07) is 15.6. The summed E-state index contributed by atoms with van der Waals surface area (Å²) >= 11 is 0. The number of aliphatic hydroxyl groups excluding tert-OH is 1. The predicted octanol–water partition coefficient (Wildman–Crippen LogP) is 3.47. The van der Waals surface area contributed by atoms with Crippen LogP contribution >= 0.6 is 12.4 Å². The molecule has 0 aromatic heterocycles. The Hall–Kier alpha value is -1.75. The molecule has 0 unspecified atom stereocenters. The summed E-state index contributed by atoms with van der Waals surface area (Å²) in [7, 11) is 1.62. The van der Waals surface area contributed by atoms with Gasteiger partial charge in [-0.3, -0.25) is 0 Å². The second kappa shape index (κ2) is 10.1. The Bertz CT molecular complexity index is 578. The molecule has 0 fully saturated rings. The lowest BCUT2D eigenvalue weighted by Crippen LogP contribution is -2.11. The molecule has 0 radical (unpaired) electrons. The lowest BCUT2D eigenvalue weighted by Gasteiger charge is -2.16. The van der Waals surface area contributed by atoms with Crippen LogP contribution in [0.1, 0.15) is 30.0 Å². The monoisotopic (exact) mass is 337 g/mol. The van der Waals surface area contributed by atoms with Crippen molar-refractivity contribution in [2.24, 2.45) is 5.73 Å². The highest BCUT2D eigenvalue weighted by atomic mass is 35.5. The summed E-state index contributed by atoms with van der Waals surface area (Å²) in [6.45, 7) is 0.633. The number of aliphatic hydroxyl groups is 1. The summed E-state index contributed by atoms with van der Waals surface area (Å²) in [5, 5.41) is 8.91. The minimum Gasteiger partial charge on any atom is -0.493 e. The molecule has 3 N–H and O–H groups in total. The molecule has 0 heterocycles. The fraction of sp³-hybridized carbons (Fsp3) is 0.333. The van der Waals surface area contributed by atoms with Crippen LogP contribution in [0.15, 0.2) is 48.5 Å². The molecule has 0 bridgehead atoms. The van der Waals surface area contributed by atoms with Gasteiger partial charge >= 0.3 is 0 Å². The molecule has 0 spiro atoms. The Morgan fingerprint density at radius 3 is 2.48 bits per heavy atom. The van der Waals surface area contributed by atoms with Crippen LogP contribution in [-0.2, 0) is 6.61 Å². The standard InChI is InChI=1S/C18H23NO3.ClH/c1-21-17-10-9-15(16(19)8-5-11-20)12-18(17)22-13-14-6-3-2-4-7-14;/h2-4,6-7,9-10,12,16,20H,5,8,11,13,19H2,1H3;1H/t16-;/m0./s1. The van der Waals surface area contributed by atoms with Crippen molar-refractivity contribution >= 4 is 12.4 Å². The number of benzene rings is 2. The van der Waals surface area contributed by atoms with Gasteiger partial charge in [-0.05, 0) is 36.1 Å². The third-order valence-electron chi connectivity index (χ3n) is 3.53. The highest BCUT2D eigenvalue weighted by Gasteiger charge is 2.11.